The number of hydrogen-bond acceptors (Lipinski definition) is 4. The molecule has 0 amide bonds. The third-order valence-electron chi connectivity index (χ3n) is 3.49. The zero-order valence-corrected chi connectivity index (χ0v) is 11.2. The van der Waals surface area contributed by atoms with Crippen molar-refractivity contribution in [2.45, 2.75) is 0 Å². The highest BCUT2D eigenvalue weighted by molar-refractivity contribution is 5.82. The van der Waals surface area contributed by atoms with Crippen molar-refractivity contribution in [3.05, 3.63) is 59.0 Å². The van der Waals surface area contributed by atoms with Gasteiger partial charge in [0.2, 0.25) is 0 Å². The Bertz CT molecular complexity index is 879. The van der Waals surface area contributed by atoms with Crippen molar-refractivity contribution in [2.75, 3.05) is 13.2 Å². The van der Waals surface area contributed by atoms with Crippen molar-refractivity contribution in [1.29, 1.82) is 0 Å². The van der Waals surface area contributed by atoms with E-state index < -0.39 is 0 Å². The standard InChI is InChI=1S/C17H12O4/c18-17-13(9-12-3-1-2-4-14(12)21-17)11-5-6-15-16(10-11)20-8-7-19-15/h1-6,9-10H,7-8H2. The summed E-state index contributed by atoms with van der Waals surface area (Å²) in [5, 5.41) is 0.891. The van der Waals surface area contributed by atoms with Gasteiger partial charge in [-0.2, -0.15) is 0 Å². The molecule has 1 aliphatic heterocycles. The Morgan fingerprint density at radius 2 is 1.67 bits per heavy atom. The lowest BCUT2D eigenvalue weighted by molar-refractivity contribution is 0.171. The summed E-state index contributed by atoms with van der Waals surface area (Å²) in [5.41, 5.74) is 1.51. The van der Waals surface area contributed by atoms with Gasteiger partial charge in [-0.25, -0.2) is 4.79 Å². The Kier molecular flexibility index (Phi) is 2.67. The zero-order valence-electron chi connectivity index (χ0n) is 11.2. The Balaban J connectivity index is 1.89. The number of hydrogen-bond donors (Lipinski definition) is 0. The maximum absolute atomic E-state index is 12.2. The Labute approximate surface area is 120 Å². The minimum absolute atomic E-state index is 0.356. The highest BCUT2D eigenvalue weighted by atomic mass is 16.6. The summed E-state index contributed by atoms with van der Waals surface area (Å²) < 4.78 is 16.4. The average Bonchev–Trinajstić information content (AvgIpc) is 2.54. The first-order valence-electron chi connectivity index (χ1n) is 6.74. The summed E-state index contributed by atoms with van der Waals surface area (Å²) >= 11 is 0. The second-order valence-corrected chi connectivity index (χ2v) is 4.84. The average molecular weight is 280 g/mol. The second-order valence-electron chi connectivity index (χ2n) is 4.84. The van der Waals surface area contributed by atoms with Crippen LogP contribution in [0.1, 0.15) is 0 Å². The van der Waals surface area contributed by atoms with Gasteiger partial charge < -0.3 is 13.9 Å². The van der Waals surface area contributed by atoms with Gasteiger partial charge in [0.1, 0.15) is 18.8 Å². The third kappa shape index (κ3) is 2.05. The SMILES string of the molecule is O=c1oc2ccccc2cc1-c1ccc2c(c1)OCCO2. The molecule has 0 saturated carbocycles. The number of rotatable bonds is 1. The van der Waals surface area contributed by atoms with Gasteiger partial charge in [0, 0.05) is 5.39 Å². The normalized spacial score (nSPS) is 13.3. The molecule has 4 nitrogen and oxygen atoms in total. The van der Waals surface area contributed by atoms with Crippen LogP contribution in [0.5, 0.6) is 11.5 Å². The highest BCUT2D eigenvalue weighted by Gasteiger charge is 2.14. The Hall–Kier alpha value is -2.75. The van der Waals surface area contributed by atoms with Crippen molar-refractivity contribution >= 4 is 11.0 Å². The van der Waals surface area contributed by atoms with Gasteiger partial charge in [0.25, 0.3) is 0 Å². The number of para-hydroxylation sites is 1. The molecule has 0 bridgehead atoms. The fourth-order valence-corrected chi connectivity index (χ4v) is 2.47. The van der Waals surface area contributed by atoms with Gasteiger partial charge in [-0.3, -0.25) is 0 Å². The van der Waals surface area contributed by atoms with E-state index in [-0.39, 0.29) is 5.63 Å². The molecule has 0 N–H and O–H groups in total. The smallest absolute Gasteiger partial charge is 0.344 e. The lowest BCUT2D eigenvalue weighted by atomic mass is 10.1. The van der Waals surface area contributed by atoms with Crippen LogP contribution in [-0.2, 0) is 0 Å². The molecule has 3 aromatic rings. The molecular formula is C17H12O4. The molecule has 2 heterocycles. The van der Waals surface area contributed by atoms with Gasteiger partial charge in [0.15, 0.2) is 11.5 Å². The molecule has 0 aliphatic carbocycles. The van der Waals surface area contributed by atoms with Crippen molar-refractivity contribution in [1.82, 2.24) is 0 Å². The molecule has 0 radical (unpaired) electrons. The molecule has 0 fully saturated rings. The summed E-state index contributed by atoms with van der Waals surface area (Å²) in [4.78, 5) is 12.2. The van der Waals surface area contributed by atoms with Crippen molar-refractivity contribution in [3.63, 3.8) is 0 Å². The molecule has 4 rings (SSSR count). The number of fused-ring (bicyclic) bond motifs is 2. The summed E-state index contributed by atoms with van der Waals surface area (Å²) in [6, 6.07) is 14.8. The monoisotopic (exact) mass is 280 g/mol. The minimum atomic E-state index is -0.356. The molecular weight excluding hydrogens is 268 g/mol. The first-order valence-corrected chi connectivity index (χ1v) is 6.74. The predicted octanol–water partition coefficient (Wildman–Crippen LogP) is 3.23. The lowest BCUT2D eigenvalue weighted by Crippen LogP contribution is -2.15. The van der Waals surface area contributed by atoms with Crippen molar-refractivity contribution < 1.29 is 13.9 Å². The molecule has 0 unspecified atom stereocenters. The molecule has 0 atom stereocenters. The summed E-state index contributed by atoms with van der Waals surface area (Å²) in [7, 11) is 0. The quantitative estimate of drug-likeness (QED) is 0.642. The minimum Gasteiger partial charge on any atom is -0.486 e. The van der Waals surface area contributed by atoms with Gasteiger partial charge in [-0.1, -0.05) is 24.3 Å². The van der Waals surface area contributed by atoms with Gasteiger partial charge in [-0.15, -0.1) is 0 Å². The summed E-state index contributed by atoms with van der Waals surface area (Å²) in [5.74, 6) is 1.36. The van der Waals surface area contributed by atoms with E-state index in [1.807, 2.05) is 42.5 Å². The van der Waals surface area contributed by atoms with Crippen LogP contribution in [-0.4, -0.2) is 13.2 Å². The molecule has 4 heteroatoms. The highest BCUT2D eigenvalue weighted by Crippen LogP contribution is 2.34. The van der Waals surface area contributed by atoms with Crippen LogP contribution in [0.15, 0.2) is 57.7 Å². The van der Waals surface area contributed by atoms with Crippen LogP contribution < -0.4 is 15.1 Å². The number of ether oxygens (including phenoxy) is 2. The largest absolute Gasteiger partial charge is 0.486 e. The van der Waals surface area contributed by atoms with Gasteiger partial charge in [0.05, 0.1) is 5.56 Å². The first kappa shape index (κ1) is 12.0. The van der Waals surface area contributed by atoms with Crippen LogP contribution >= 0.6 is 0 Å². The Morgan fingerprint density at radius 3 is 2.57 bits per heavy atom. The molecule has 1 aliphatic rings. The maximum atomic E-state index is 12.2. The van der Waals surface area contributed by atoms with E-state index in [1.54, 1.807) is 6.07 Å². The molecule has 2 aromatic carbocycles. The first-order chi connectivity index (χ1) is 10.3. The summed E-state index contributed by atoms with van der Waals surface area (Å²) in [6.45, 7) is 1.06. The van der Waals surface area contributed by atoms with E-state index in [9.17, 15) is 4.79 Å². The Morgan fingerprint density at radius 1 is 0.857 bits per heavy atom. The van der Waals surface area contributed by atoms with E-state index in [4.69, 9.17) is 13.9 Å². The van der Waals surface area contributed by atoms with E-state index in [2.05, 4.69) is 0 Å². The van der Waals surface area contributed by atoms with Crippen LogP contribution in [0.4, 0.5) is 0 Å². The predicted molar refractivity (Wildman–Crippen MR) is 78.9 cm³/mol. The van der Waals surface area contributed by atoms with Gasteiger partial charge in [-0.05, 0) is 29.8 Å². The third-order valence-corrected chi connectivity index (χ3v) is 3.49. The van der Waals surface area contributed by atoms with Crippen LogP contribution in [0.25, 0.3) is 22.1 Å². The van der Waals surface area contributed by atoms with Crippen molar-refractivity contribution in [3.8, 4) is 22.6 Å². The molecule has 21 heavy (non-hydrogen) atoms. The molecule has 104 valence electrons. The van der Waals surface area contributed by atoms with E-state index in [0.717, 1.165) is 10.9 Å². The molecule has 1 aromatic heterocycles. The lowest BCUT2D eigenvalue weighted by Gasteiger charge is -2.18. The fourth-order valence-electron chi connectivity index (χ4n) is 2.47. The van der Waals surface area contributed by atoms with E-state index >= 15 is 0 Å². The zero-order chi connectivity index (χ0) is 14.2. The van der Waals surface area contributed by atoms with Crippen molar-refractivity contribution in [2.24, 2.45) is 0 Å². The molecule has 0 saturated heterocycles. The number of benzene rings is 2. The summed E-state index contributed by atoms with van der Waals surface area (Å²) in [6.07, 6.45) is 0. The molecule has 0 spiro atoms. The topological polar surface area (TPSA) is 48.7 Å². The van der Waals surface area contributed by atoms with Crippen LogP contribution in [0.3, 0.4) is 0 Å². The second kappa shape index (κ2) is 4.66. The fraction of sp³-hybridized carbons (Fsp3) is 0.118. The van der Waals surface area contributed by atoms with Crippen LogP contribution in [0, 0.1) is 0 Å². The van der Waals surface area contributed by atoms with Gasteiger partial charge >= 0.3 is 5.63 Å². The van der Waals surface area contributed by atoms with E-state index in [0.29, 0.717) is 35.9 Å². The van der Waals surface area contributed by atoms with E-state index in [1.165, 1.54) is 0 Å². The maximum Gasteiger partial charge on any atom is 0.344 e. The van der Waals surface area contributed by atoms with Crippen LogP contribution in [0.2, 0.25) is 0 Å².